The Labute approximate surface area is 54.1 Å². The van der Waals surface area contributed by atoms with E-state index in [2.05, 4.69) is 0 Å². The third kappa shape index (κ3) is 461. The number of halogens is 2. The second kappa shape index (κ2) is 5.81. The molecule has 50 valence electrons. The molecule has 0 aromatic rings. The maximum atomic E-state index is 9.75. The standard InChI is InChI=1S/2FH.H3O4P.Ti/c;;1-5(2,3)4;/h2*1H;(H3,1,2,3,4);/q;;;+2/p-2. The first kappa shape index (κ1) is 11.5. The minimum absolute atomic E-state index is 2.50. The molecule has 0 amide bonds. The summed E-state index contributed by atoms with van der Waals surface area (Å²) in [6.45, 7) is 0. The predicted molar refractivity (Wildman–Crippen MR) is 16.5 cm³/mol. The third-order valence-corrected chi connectivity index (χ3v) is 0. The Morgan fingerprint density at radius 3 is 1.25 bits per heavy atom. The molecule has 0 radical (unpaired) electrons. The summed E-state index contributed by atoms with van der Waals surface area (Å²) in [5.41, 5.74) is 0. The minimum atomic E-state index is -4.64. The van der Waals surface area contributed by atoms with Gasteiger partial charge in [-0.05, 0) is 0 Å². The normalized spacial score (nSPS) is 9.12. The SMILES string of the molecule is O=P(O)(O)O.[F][Ti][F]. The average molecular weight is 184 g/mol. The summed E-state index contributed by atoms with van der Waals surface area (Å²) < 4.78 is 28.4. The molecule has 0 saturated heterocycles. The van der Waals surface area contributed by atoms with Crippen LogP contribution in [-0.2, 0) is 24.8 Å². The van der Waals surface area contributed by atoms with Crippen molar-refractivity contribution in [1.29, 1.82) is 0 Å². The van der Waals surface area contributed by atoms with Crippen molar-refractivity contribution >= 4 is 7.82 Å². The summed E-state index contributed by atoms with van der Waals surface area (Å²) in [5.74, 6) is 0. The molecule has 0 saturated carbocycles. The fourth-order valence-electron chi connectivity index (χ4n) is 0. The number of hydrogen-bond acceptors (Lipinski definition) is 1. The van der Waals surface area contributed by atoms with Crippen molar-refractivity contribution in [2.24, 2.45) is 0 Å². The van der Waals surface area contributed by atoms with Crippen LogP contribution in [0.1, 0.15) is 0 Å². The van der Waals surface area contributed by atoms with Crippen LogP contribution in [0.25, 0.3) is 0 Å². The summed E-state index contributed by atoms with van der Waals surface area (Å²) in [4.78, 5) is 21.6. The average Bonchev–Trinajstić information content (AvgIpc) is 1.27. The topological polar surface area (TPSA) is 77.8 Å². The van der Waals surface area contributed by atoms with E-state index in [1.54, 1.807) is 0 Å². The van der Waals surface area contributed by atoms with E-state index in [9.17, 15) is 6.18 Å². The molecule has 0 heterocycles. The molecule has 8 heteroatoms. The van der Waals surface area contributed by atoms with Gasteiger partial charge >= 0.3 is 34.2 Å². The molecular formula is H3F2O4PTi. The van der Waals surface area contributed by atoms with Gasteiger partial charge in [0, 0.05) is 0 Å². The Morgan fingerprint density at radius 2 is 1.25 bits per heavy atom. The van der Waals surface area contributed by atoms with Gasteiger partial charge in [0.25, 0.3) is 0 Å². The van der Waals surface area contributed by atoms with Gasteiger partial charge in [0.05, 0.1) is 0 Å². The Morgan fingerprint density at radius 1 is 1.25 bits per heavy atom. The van der Waals surface area contributed by atoms with Crippen molar-refractivity contribution in [2.75, 3.05) is 0 Å². The Bertz CT molecular complexity index is 69.8. The molecule has 0 aliphatic rings. The zero-order valence-electron chi connectivity index (χ0n) is 3.45. The first-order valence-electron chi connectivity index (χ1n) is 1.16. The van der Waals surface area contributed by atoms with Crippen LogP contribution in [0.4, 0.5) is 6.18 Å². The van der Waals surface area contributed by atoms with E-state index < -0.39 is 28.0 Å². The van der Waals surface area contributed by atoms with Gasteiger partial charge in [0.15, 0.2) is 0 Å². The number of phosphoric acid groups is 1. The third-order valence-electron chi connectivity index (χ3n) is 0. The van der Waals surface area contributed by atoms with Gasteiger partial charge in [0.1, 0.15) is 0 Å². The summed E-state index contributed by atoms with van der Waals surface area (Å²) in [6, 6.07) is 0. The van der Waals surface area contributed by atoms with E-state index in [-0.39, 0.29) is 0 Å². The van der Waals surface area contributed by atoms with Crippen LogP contribution in [0.15, 0.2) is 0 Å². The molecule has 0 aromatic heterocycles. The van der Waals surface area contributed by atoms with Crippen molar-refractivity contribution in [3.05, 3.63) is 0 Å². The van der Waals surface area contributed by atoms with Gasteiger partial charge in [-0.2, -0.15) is 0 Å². The Kier molecular flexibility index (Phi) is 8.34. The van der Waals surface area contributed by atoms with Crippen LogP contribution in [0.3, 0.4) is 0 Å². The van der Waals surface area contributed by atoms with Gasteiger partial charge < -0.3 is 14.7 Å². The van der Waals surface area contributed by atoms with E-state index in [4.69, 9.17) is 19.2 Å². The molecule has 0 aliphatic heterocycles. The van der Waals surface area contributed by atoms with E-state index in [0.29, 0.717) is 0 Å². The fourth-order valence-corrected chi connectivity index (χ4v) is 0. The number of hydrogen-bond donors (Lipinski definition) is 3. The van der Waals surface area contributed by atoms with Crippen LogP contribution >= 0.6 is 7.82 Å². The van der Waals surface area contributed by atoms with Gasteiger partial charge in [-0.3, -0.25) is 0 Å². The zero-order valence-corrected chi connectivity index (χ0v) is 5.91. The molecule has 0 aliphatic carbocycles. The quantitative estimate of drug-likeness (QED) is 0.363. The maximum absolute atomic E-state index is 9.75. The first-order chi connectivity index (χ1) is 3.41. The molecule has 0 atom stereocenters. The van der Waals surface area contributed by atoms with E-state index in [1.807, 2.05) is 0 Å². The van der Waals surface area contributed by atoms with Crippen molar-refractivity contribution in [1.82, 2.24) is 0 Å². The second-order valence-corrected chi connectivity index (χ2v) is 1.83. The van der Waals surface area contributed by atoms with Gasteiger partial charge in [-0.25, -0.2) is 4.57 Å². The molecule has 0 rings (SSSR count). The van der Waals surface area contributed by atoms with E-state index in [0.717, 1.165) is 0 Å². The number of rotatable bonds is 0. The molecule has 0 unspecified atom stereocenters. The summed E-state index contributed by atoms with van der Waals surface area (Å²) in [6.07, 6.45) is 0. The van der Waals surface area contributed by atoms with Crippen molar-refractivity contribution in [2.45, 2.75) is 0 Å². The molecule has 0 spiro atoms. The predicted octanol–water partition coefficient (Wildman–Crippen LogP) is -0.0907. The van der Waals surface area contributed by atoms with Gasteiger partial charge in [0.2, 0.25) is 0 Å². The van der Waals surface area contributed by atoms with E-state index in [1.165, 1.54) is 0 Å². The molecule has 3 N–H and O–H groups in total. The van der Waals surface area contributed by atoms with Gasteiger partial charge in [-0.1, -0.05) is 0 Å². The van der Waals surface area contributed by atoms with E-state index >= 15 is 0 Å². The molecule has 0 fully saturated rings. The van der Waals surface area contributed by atoms with Crippen LogP contribution in [0.2, 0.25) is 0 Å². The van der Waals surface area contributed by atoms with Gasteiger partial charge in [-0.15, -0.1) is 0 Å². The fraction of sp³-hybridized carbons (Fsp3) is 0. The van der Waals surface area contributed by atoms with Crippen LogP contribution in [0.5, 0.6) is 0 Å². The molecule has 8 heavy (non-hydrogen) atoms. The Balaban J connectivity index is 0. The van der Waals surface area contributed by atoms with Crippen molar-refractivity contribution in [3.63, 3.8) is 0 Å². The Hall–Kier alpha value is 0.684. The van der Waals surface area contributed by atoms with Crippen molar-refractivity contribution in [3.8, 4) is 0 Å². The van der Waals surface area contributed by atoms with Crippen molar-refractivity contribution < 1.29 is 45.7 Å². The molecule has 4 nitrogen and oxygen atoms in total. The monoisotopic (exact) mass is 184 g/mol. The second-order valence-electron chi connectivity index (χ2n) is 0.585. The van der Waals surface area contributed by atoms with Crippen LogP contribution in [-0.4, -0.2) is 14.7 Å². The van der Waals surface area contributed by atoms with Crippen LogP contribution < -0.4 is 0 Å². The van der Waals surface area contributed by atoms with Crippen LogP contribution in [0, 0.1) is 0 Å². The zero-order chi connectivity index (χ0) is 7.21. The molecule has 0 aromatic carbocycles. The molecule has 0 bridgehead atoms. The summed E-state index contributed by atoms with van der Waals surface area (Å²) in [7, 11) is -4.64. The summed E-state index contributed by atoms with van der Waals surface area (Å²) in [5, 5.41) is 0. The first-order valence-corrected chi connectivity index (χ1v) is 3.91. The summed E-state index contributed by atoms with van der Waals surface area (Å²) >= 11 is -2.50. The molecular weight excluding hydrogens is 181 g/mol.